The minimum absolute atomic E-state index is 0.0438. The first-order valence-electron chi connectivity index (χ1n) is 7.93. The Morgan fingerprint density at radius 1 is 1.19 bits per heavy atom. The van der Waals surface area contributed by atoms with Crippen molar-refractivity contribution < 1.29 is 9.72 Å². The lowest BCUT2D eigenvalue weighted by molar-refractivity contribution is -0.384. The number of anilines is 1. The highest BCUT2D eigenvalue weighted by atomic mass is 32.1. The molecule has 2 heterocycles. The van der Waals surface area contributed by atoms with Crippen molar-refractivity contribution in [3.63, 3.8) is 0 Å². The lowest BCUT2D eigenvalue weighted by Gasteiger charge is -2.03. The van der Waals surface area contributed by atoms with Crippen LogP contribution < -0.4 is 10.9 Å². The van der Waals surface area contributed by atoms with E-state index in [0.717, 1.165) is 9.75 Å². The molecular weight excluding hydrogens is 366 g/mol. The summed E-state index contributed by atoms with van der Waals surface area (Å²) in [5.74, 6) is -0.339. The molecule has 8 heteroatoms. The Kier molecular flexibility index (Phi) is 5.28. The second kappa shape index (κ2) is 7.79. The number of hydrogen-bond acceptors (Lipinski definition) is 5. The Bertz CT molecular complexity index is 1100. The topological polar surface area (TPSA) is 94.2 Å². The molecule has 0 atom stereocenters. The highest BCUT2D eigenvalue weighted by Gasteiger charge is 2.15. The standard InChI is InChI=1S/C19H15N3O4S/c1-21-12-13(6-11-19(21)24)20-18(23)10-8-14-7-9-17(27-14)15-4-2-3-5-16(15)22(25)26/h2-12H,1H3,(H,20,23). The summed E-state index contributed by atoms with van der Waals surface area (Å²) in [6, 6.07) is 13.0. The Hall–Kier alpha value is -3.52. The third-order valence-corrected chi connectivity index (χ3v) is 4.83. The number of nitrogens with zero attached hydrogens (tertiary/aromatic N) is 2. The van der Waals surface area contributed by atoms with E-state index in [1.165, 1.54) is 46.4 Å². The summed E-state index contributed by atoms with van der Waals surface area (Å²) in [6.45, 7) is 0. The van der Waals surface area contributed by atoms with Gasteiger partial charge < -0.3 is 9.88 Å². The van der Waals surface area contributed by atoms with Crippen LogP contribution in [0.15, 0.2) is 65.6 Å². The van der Waals surface area contributed by atoms with Gasteiger partial charge in [0.1, 0.15) is 0 Å². The molecule has 0 fully saturated rings. The van der Waals surface area contributed by atoms with Crippen LogP contribution in [-0.2, 0) is 11.8 Å². The highest BCUT2D eigenvalue weighted by Crippen LogP contribution is 2.34. The molecule has 27 heavy (non-hydrogen) atoms. The number of carbonyl (C=O) groups excluding carboxylic acids is 1. The van der Waals surface area contributed by atoms with Crippen LogP contribution in [-0.4, -0.2) is 15.4 Å². The van der Waals surface area contributed by atoms with Gasteiger partial charge in [-0.3, -0.25) is 19.7 Å². The number of para-hydroxylation sites is 1. The summed E-state index contributed by atoms with van der Waals surface area (Å²) in [7, 11) is 1.60. The van der Waals surface area contributed by atoms with E-state index in [-0.39, 0.29) is 17.2 Å². The van der Waals surface area contributed by atoms with Gasteiger partial charge >= 0.3 is 0 Å². The molecule has 3 aromatic rings. The number of aryl methyl sites for hydroxylation is 1. The lowest BCUT2D eigenvalue weighted by atomic mass is 10.1. The number of nitro benzene ring substituents is 1. The van der Waals surface area contributed by atoms with Crippen LogP contribution in [0.3, 0.4) is 0 Å². The van der Waals surface area contributed by atoms with E-state index in [0.29, 0.717) is 11.3 Å². The molecule has 0 aliphatic heterocycles. The molecule has 0 bridgehead atoms. The van der Waals surface area contributed by atoms with Crippen molar-refractivity contribution in [2.75, 3.05) is 5.32 Å². The van der Waals surface area contributed by atoms with Gasteiger partial charge in [-0.2, -0.15) is 0 Å². The highest BCUT2D eigenvalue weighted by molar-refractivity contribution is 7.16. The number of nitro groups is 1. The van der Waals surface area contributed by atoms with Crippen molar-refractivity contribution in [2.45, 2.75) is 0 Å². The third-order valence-electron chi connectivity index (χ3n) is 3.75. The van der Waals surface area contributed by atoms with Gasteiger partial charge in [-0.1, -0.05) is 12.1 Å². The van der Waals surface area contributed by atoms with Gasteiger partial charge in [0.05, 0.1) is 16.2 Å². The number of pyridine rings is 1. The van der Waals surface area contributed by atoms with Crippen LogP contribution in [0.2, 0.25) is 0 Å². The average Bonchev–Trinajstić information content (AvgIpc) is 3.12. The van der Waals surface area contributed by atoms with E-state index < -0.39 is 4.92 Å². The maximum atomic E-state index is 12.0. The van der Waals surface area contributed by atoms with E-state index in [4.69, 9.17) is 0 Å². The van der Waals surface area contributed by atoms with E-state index >= 15 is 0 Å². The van der Waals surface area contributed by atoms with E-state index in [9.17, 15) is 19.7 Å². The fourth-order valence-electron chi connectivity index (χ4n) is 2.44. The molecule has 0 radical (unpaired) electrons. The predicted octanol–water partition coefficient (Wildman–Crippen LogP) is 3.67. The van der Waals surface area contributed by atoms with Crippen LogP contribution in [0.25, 0.3) is 16.5 Å². The number of benzene rings is 1. The minimum Gasteiger partial charge on any atom is -0.321 e. The van der Waals surface area contributed by atoms with Crippen LogP contribution in [0.1, 0.15) is 4.88 Å². The summed E-state index contributed by atoms with van der Waals surface area (Å²) in [5, 5.41) is 13.8. The smallest absolute Gasteiger partial charge is 0.278 e. The van der Waals surface area contributed by atoms with Gasteiger partial charge in [0, 0.05) is 41.2 Å². The number of nitrogens with one attached hydrogen (secondary N) is 1. The number of hydrogen-bond donors (Lipinski definition) is 1. The lowest BCUT2D eigenvalue weighted by Crippen LogP contribution is -2.16. The van der Waals surface area contributed by atoms with Gasteiger partial charge in [-0.15, -0.1) is 11.3 Å². The van der Waals surface area contributed by atoms with Crippen LogP contribution in [0.5, 0.6) is 0 Å². The maximum Gasteiger partial charge on any atom is 0.278 e. The summed E-state index contributed by atoms with van der Waals surface area (Å²) in [4.78, 5) is 35.7. The Labute approximate surface area is 158 Å². The first-order chi connectivity index (χ1) is 12.9. The summed E-state index contributed by atoms with van der Waals surface area (Å²) in [6.07, 6.45) is 4.55. The van der Waals surface area contributed by atoms with Crippen LogP contribution in [0.4, 0.5) is 11.4 Å². The number of thiophene rings is 1. The molecule has 2 aromatic heterocycles. The second-order valence-electron chi connectivity index (χ2n) is 5.67. The van der Waals surface area contributed by atoms with Crippen molar-refractivity contribution in [3.05, 3.63) is 86.1 Å². The van der Waals surface area contributed by atoms with Crippen molar-refractivity contribution >= 4 is 34.7 Å². The van der Waals surface area contributed by atoms with Gasteiger partial charge in [0.25, 0.3) is 5.69 Å². The zero-order valence-electron chi connectivity index (χ0n) is 14.3. The second-order valence-corrected chi connectivity index (χ2v) is 6.78. The average molecular weight is 381 g/mol. The molecule has 1 aromatic carbocycles. The van der Waals surface area contributed by atoms with Crippen molar-refractivity contribution in [2.24, 2.45) is 7.05 Å². The molecule has 0 saturated carbocycles. The largest absolute Gasteiger partial charge is 0.321 e. The summed E-state index contributed by atoms with van der Waals surface area (Å²) < 4.78 is 1.37. The molecule has 0 aliphatic rings. The van der Waals surface area contributed by atoms with Crippen molar-refractivity contribution in [1.29, 1.82) is 0 Å². The molecule has 0 aliphatic carbocycles. The van der Waals surface area contributed by atoms with E-state index in [2.05, 4.69) is 5.32 Å². The normalized spacial score (nSPS) is 10.9. The number of aromatic nitrogens is 1. The first kappa shape index (κ1) is 18.3. The van der Waals surface area contributed by atoms with Gasteiger partial charge in [0.2, 0.25) is 11.5 Å². The van der Waals surface area contributed by atoms with Crippen molar-refractivity contribution in [1.82, 2.24) is 4.57 Å². The molecule has 1 N–H and O–H groups in total. The van der Waals surface area contributed by atoms with Crippen molar-refractivity contribution in [3.8, 4) is 10.4 Å². The van der Waals surface area contributed by atoms with Crippen LogP contribution >= 0.6 is 11.3 Å². The molecule has 7 nitrogen and oxygen atoms in total. The molecular formula is C19H15N3O4S. The predicted molar refractivity (Wildman–Crippen MR) is 106 cm³/mol. The number of amides is 1. The molecule has 0 unspecified atom stereocenters. The minimum atomic E-state index is -0.412. The van der Waals surface area contributed by atoms with Gasteiger partial charge in [-0.05, 0) is 30.3 Å². The van der Waals surface area contributed by atoms with E-state index in [1.54, 1.807) is 43.5 Å². The molecule has 3 rings (SSSR count). The number of carbonyl (C=O) groups is 1. The number of rotatable bonds is 5. The SMILES string of the molecule is Cn1cc(NC(=O)C=Cc2ccc(-c3ccccc3[N+](=O)[O-])s2)ccc1=O. The summed E-state index contributed by atoms with van der Waals surface area (Å²) in [5.41, 5.74) is 0.937. The zero-order valence-corrected chi connectivity index (χ0v) is 15.1. The van der Waals surface area contributed by atoms with E-state index in [1.807, 2.05) is 0 Å². The fraction of sp³-hybridized carbons (Fsp3) is 0.0526. The Morgan fingerprint density at radius 2 is 1.96 bits per heavy atom. The quantitative estimate of drug-likeness (QED) is 0.414. The fourth-order valence-corrected chi connectivity index (χ4v) is 3.38. The van der Waals surface area contributed by atoms with Gasteiger partial charge in [0.15, 0.2) is 0 Å². The monoisotopic (exact) mass is 381 g/mol. The molecule has 0 saturated heterocycles. The maximum absolute atomic E-state index is 12.0. The first-order valence-corrected chi connectivity index (χ1v) is 8.75. The molecule has 1 amide bonds. The molecule has 136 valence electrons. The summed E-state index contributed by atoms with van der Waals surface area (Å²) >= 11 is 1.35. The Morgan fingerprint density at radius 3 is 2.70 bits per heavy atom. The zero-order chi connectivity index (χ0) is 19.4. The van der Waals surface area contributed by atoms with Crippen LogP contribution in [0, 0.1) is 10.1 Å². The Balaban J connectivity index is 1.74. The van der Waals surface area contributed by atoms with Gasteiger partial charge in [-0.25, -0.2) is 0 Å². The third kappa shape index (κ3) is 4.36. The molecule has 0 spiro atoms.